The van der Waals surface area contributed by atoms with Crippen LogP contribution in [0.2, 0.25) is 5.02 Å². The molecule has 1 atom stereocenters. The minimum absolute atomic E-state index is 0.0273. The van der Waals surface area contributed by atoms with Crippen LogP contribution in [0.3, 0.4) is 0 Å². The quantitative estimate of drug-likeness (QED) is 0.771. The molecule has 0 aromatic heterocycles. The standard InChI is InChI=1S/C16H25ClN2O2/c1-5-8-18-14-7-6-12(17)9-13(14)16(20)19-15(10-21-4)11(2)3/h6-7,9,11,15,18H,5,8,10H2,1-4H3,(H,19,20). The van der Waals surface area contributed by atoms with Gasteiger partial charge in [-0.25, -0.2) is 0 Å². The monoisotopic (exact) mass is 312 g/mol. The second kappa shape index (κ2) is 8.90. The average molecular weight is 313 g/mol. The van der Waals surface area contributed by atoms with Crippen molar-refractivity contribution in [2.24, 2.45) is 5.92 Å². The Bertz CT molecular complexity index is 464. The third-order valence-corrected chi connectivity index (χ3v) is 3.49. The van der Waals surface area contributed by atoms with Gasteiger partial charge in [0, 0.05) is 24.4 Å². The van der Waals surface area contributed by atoms with Gasteiger partial charge in [-0.15, -0.1) is 0 Å². The smallest absolute Gasteiger partial charge is 0.253 e. The Kier molecular flexibility index (Phi) is 7.54. The zero-order valence-corrected chi connectivity index (χ0v) is 14.0. The molecule has 1 aromatic rings. The van der Waals surface area contributed by atoms with Gasteiger partial charge in [0.25, 0.3) is 5.91 Å². The Labute approximate surface area is 132 Å². The van der Waals surface area contributed by atoms with E-state index in [1.165, 1.54) is 0 Å². The lowest BCUT2D eigenvalue weighted by Gasteiger charge is -2.22. The van der Waals surface area contributed by atoms with E-state index in [-0.39, 0.29) is 11.9 Å². The third kappa shape index (κ3) is 5.56. The SMILES string of the molecule is CCCNc1ccc(Cl)cc1C(=O)NC(COC)C(C)C. The maximum atomic E-state index is 12.5. The van der Waals surface area contributed by atoms with Crippen LogP contribution in [0, 0.1) is 5.92 Å². The van der Waals surface area contributed by atoms with Gasteiger partial charge in [-0.1, -0.05) is 32.4 Å². The highest BCUT2D eigenvalue weighted by Gasteiger charge is 2.19. The molecule has 4 nitrogen and oxygen atoms in total. The van der Waals surface area contributed by atoms with E-state index in [9.17, 15) is 4.79 Å². The number of carbonyl (C=O) groups is 1. The summed E-state index contributed by atoms with van der Waals surface area (Å²) < 4.78 is 5.16. The third-order valence-electron chi connectivity index (χ3n) is 3.26. The number of rotatable bonds is 8. The average Bonchev–Trinajstić information content (AvgIpc) is 2.45. The van der Waals surface area contributed by atoms with E-state index < -0.39 is 0 Å². The van der Waals surface area contributed by atoms with Gasteiger partial charge in [-0.2, -0.15) is 0 Å². The summed E-state index contributed by atoms with van der Waals surface area (Å²) in [5.41, 5.74) is 1.37. The van der Waals surface area contributed by atoms with Gasteiger partial charge >= 0.3 is 0 Å². The normalized spacial score (nSPS) is 12.3. The van der Waals surface area contributed by atoms with Crippen molar-refractivity contribution < 1.29 is 9.53 Å². The molecule has 0 fully saturated rings. The van der Waals surface area contributed by atoms with E-state index in [0.29, 0.717) is 23.1 Å². The van der Waals surface area contributed by atoms with Crippen LogP contribution < -0.4 is 10.6 Å². The number of anilines is 1. The first-order valence-electron chi connectivity index (χ1n) is 7.32. The van der Waals surface area contributed by atoms with E-state index >= 15 is 0 Å². The number of methoxy groups -OCH3 is 1. The van der Waals surface area contributed by atoms with E-state index in [4.69, 9.17) is 16.3 Å². The molecule has 0 spiro atoms. The minimum atomic E-state index is -0.133. The van der Waals surface area contributed by atoms with Crippen molar-refractivity contribution in [2.75, 3.05) is 25.6 Å². The molecule has 2 N–H and O–H groups in total. The van der Waals surface area contributed by atoms with Gasteiger partial charge in [0.15, 0.2) is 0 Å². The van der Waals surface area contributed by atoms with E-state index in [1.54, 1.807) is 19.2 Å². The largest absolute Gasteiger partial charge is 0.384 e. The zero-order valence-electron chi connectivity index (χ0n) is 13.2. The first-order valence-corrected chi connectivity index (χ1v) is 7.70. The van der Waals surface area contributed by atoms with Crippen molar-refractivity contribution in [3.8, 4) is 0 Å². The van der Waals surface area contributed by atoms with Crippen molar-refractivity contribution in [1.82, 2.24) is 5.32 Å². The minimum Gasteiger partial charge on any atom is -0.384 e. The molecule has 0 radical (unpaired) electrons. The van der Waals surface area contributed by atoms with Gasteiger partial charge in [-0.05, 0) is 30.5 Å². The fourth-order valence-corrected chi connectivity index (χ4v) is 2.12. The molecule has 1 amide bonds. The second-order valence-corrected chi connectivity index (χ2v) is 5.83. The molecule has 0 aliphatic carbocycles. The number of benzene rings is 1. The molecule has 0 saturated heterocycles. The van der Waals surface area contributed by atoms with Crippen LogP contribution in [0.25, 0.3) is 0 Å². The number of nitrogens with one attached hydrogen (secondary N) is 2. The van der Waals surface area contributed by atoms with Crippen molar-refractivity contribution in [3.05, 3.63) is 28.8 Å². The van der Waals surface area contributed by atoms with E-state index in [2.05, 4.69) is 31.4 Å². The number of ether oxygens (including phenoxy) is 1. The first kappa shape index (κ1) is 17.8. The molecule has 0 bridgehead atoms. The predicted molar refractivity (Wildman–Crippen MR) is 88.2 cm³/mol. The lowest BCUT2D eigenvalue weighted by molar-refractivity contribution is 0.0867. The molecule has 0 saturated carbocycles. The molecule has 0 heterocycles. The summed E-state index contributed by atoms with van der Waals surface area (Å²) in [5, 5.41) is 6.82. The summed E-state index contributed by atoms with van der Waals surface area (Å²) in [7, 11) is 1.63. The van der Waals surface area contributed by atoms with Crippen molar-refractivity contribution >= 4 is 23.2 Å². The summed E-state index contributed by atoms with van der Waals surface area (Å²) in [6.07, 6.45) is 0.988. The van der Waals surface area contributed by atoms with E-state index in [1.807, 2.05) is 6.07 Å². The predicted octanol–water partition coefficient (Wildman–Crippen LogP) is 3.56. The van der Waals surface area contributed by atoms with Gasteiger partial charge < -0.3 is 15.4 Å². The Morgan fingerprint density at radius 2 is 2.10 bits per heavy atom. The number of carbonyl (C=O) groups excluding carboxylic acids is 1. The zero-order chi connectivity index (χ0) is 15.8. The number of hydrogen-bond donors (Lipinski definition) is 2. The van der Waals surface area contributed by atoms with Gasteiger partial charge in [-0.3, -0.25) is 4.79 Å². The molecule has 5 heteroatoms. The molecule has 1 unspecified atom stereocenters. The summed E-state index contributed by atoms with van der Waals surface area (Å²) in [6, 6.07) is 5.29. The lowest BCUT2D eigenvalue weighted by atomic mass is 10.0. The Hall–Kier alpha value is -1.26. The van der Waals surface area contributed by atoms with Crippen molar-refractivity contribution in [3.63, 3.8) is 0 Å². The van der Waals surface area contributed by atoms with E-state index in [0.717, 1.165) is 18.7 Å². The molecular formula is C16H25ClN2O2. The van der Waals surface area contributed by atoms with Crippen LogP contribution in [0.4, 0.5) is 5.69 Å². The van der Waals surface area contributed by atoms with Crippen LogP contribution in [0.1, 0.15) is 37.6 Å². The van der Waals surface area contributed by atoms with Gasteiger partial charge in [0.2, 0.25) is 0 Å². The molecule has 1 aromatic carbocycles. The van der Waals surface area contributed by atoms with Gasteiger partial charge in [0.05, 0.1) is 18.2 Å². The highest BCUT2D eigenvalue weighted by Crippen LogP contribution is 2.21. The highest BCUT2D eigenvalue weighted by molar-refractivity contribution is 6.31. The molecule has 1 rings (SSSR count). The Balaban J connectivity index is 2.91. The summed E-state index contributed by atoms with van der Waals surface area (Å²) in [6.45, 7) is 7.49. The maximum Gasteiger partial charge on any atom is 0.253 e. The molecular weight excluding hydrogens is 288 g/mol. The Morgan fingerprint density at radius 3 is 2.67 bits per heavy atom. The van der Waals surface area contributed by atoms with Gasteiger partial charge in [0.1, 0.15) is 0 Å². The number of hydrogen-bond acceptors (Lipinski definition) is 3. The summed E-state index contributed by atoms with van der Waals surface area (Å²) in [5.74, 6) is 0.159. The maximum absolute atomic E-state index is 12.5. The fraction of sp³-hybridized carbons (Fsp3) is 0.562. The van der Waals surface area contributed by atoms with Crippen molar-refractivity contribution in [1.29, 1.82) is 0 Å². The van der Waals surface area contributed by atoms with Crippen LogP contribution in [0.15, 0.2) is 18.2 Å². The van der Waals surface area contributed by atoms with Crippen LogP contribution in [-0.2, 0) is 4.74 Å². The molecule has 0 aliphatic heterocycles. The van der Waals surface area contributed by atoms with Crippen LogP contribution in [0.5, 0.6) is 0 Å². The molecule has 118 valence electrons. The second-order valence-electron chi connectivity index (χ2n) is 5.40. The molecule has 0 aliphatic rings. The highest BCUT2D eigenvalue weighted by atomic mass is 35.5. The first-order chi connectivity index (χ1) is 9.99. The lowest BCUT2D eigenvalue weighted by Crippen LogP contribution is -2.41. The number of halogens is 1. The summed E-state index contributed by atoms with van der Waals surface area (Å²) >= 11 is 6.02. The Morgan fingerprint density at radius 1 is 1.38 bits per heavy atom. The van der Waals surface area contributed by atoms with Crippen LogP contribution >= 0.6 is 11.6 Å². The topological polar surface area (TPSA) is 50.4 Å². The summed E-state index contributed by atoms with van der Waals surface area (Å²) in [4.78, 5) is 12.5. The fourth-order valence-electron chi connectivity index (χ4n) is 1.94. The van der Waals surface area contributed by atoms with Crippen molar-refractivity contribution in [2.45, 2.75) is 33.2 Å². The molecule has 21 heavy (non-hydrogen) atoms. The number of amides is 1. The van der Waals surface area contributed by atoms with Crippen LogP contribution in [-0.4, -0.2) is 32.2 Å².